The van der Waals surface area contributed by atoms with E-state index in [9.17, 15) is 0 Å². The molecule has 0 fully saturated rings. The van der Waals surface area contributed by atoms with E-state index in [0.29, 0.717) is 0 Å². The largest absolute Gasteiger partial charge is 0.395 e. The monoisotopic (exact) mass is 189 g/mol. The third-order valence-corrected chi connectivity index (χ3v) is 1.90. The lowest BCUT2D eigenvalue weighted by molar-refractivity contribution is 0.202. The summed E-state index contributed by atoms with van der Waals surface area (Å²) in [5, 5.41) is 8.55. The van der Waals surface area contributed by atoms with Gasteiger partial charge >= 0.3 is 0 Å². The summed E-state index contributed by atoms with van der Waals surface area (Å²) in [4.78, 5) is 2.24. The van der Waals surface area contributed by atoms with E-state index in [0.717, 1.165) is 19.6 Å². The Kier molecular flexibility index (Phi) is 17.1. The van der Waals surface area contributed by atoms with Gasteiger partial charge in [-0.15, -0.1) is 0 Å². The summed E-state index contributed by atoms with van der Waals surface area (Å²) in [6, 6.07) is 0. The van der Waals surface area contributed by atoms with Crippen molar-refractivity contribution in [2.45, 2.75) is 47.0 Å². The van der Waals surface area contributed by atoms with Crippen molar-refractivity contribution in [2.24, 2.45) is 0 Å². The van der Waals surface area contributed by atoms with Crippen molar-refractivity contribution in [2.75, 3.05) is 26.2 Å². The van der Waals surface area contributed by atoms with Gasteiger partial charge in [0.1, 0.15) is 0 Å². The van der Waals surface area contributed by atoms with E-state index in [-0.39, 0.29) is 6.61 Å². The van der Waals surface area contributed by atoms with Crippen molar-refractivity contribution in [3.63, 3.8) is 0 Å². The zero-order valence-corrected chi connectivity index (χ0v) is 9.84. The number of unbranched alkanes of at least 4 members (excludes halogenated alkanes) is 1. The number of aliphatic hydroxyl groups excluding tert-OH is 1. The second kappa shape index (κ2) is 14.4. The van der Waals surface area contributed by atoms with Gasteiger partial charge in [-0.05, 0) is 19.5 Å². The summed E-state index contributed by atoms with van der Waals surface area (Å²) in [7, 11) is 0. The van der Waals surface area contributed by atoms with Gasteiger partial charge in [0.05, 0.1) is 6.61 Å². The maximum atomic E-state index is 8.55. The third-order valence-electron chi connectivity index (χ3n) is 1.90. The molecular formula is C11H27NO. The smallest absolute Gasteiger partial charge is 0.0558 e. The molecule has 0 saturated carbocycles. The van der Waals surface area contributed by atoms with Gasteiger partial charge in [-0.25, -0.2) is 0 Å². The molecule has 0 amide bonds. The summed E-state index contributed by atoms with van der Waals surface area (Å²) in [6.45, 7) is 11.9. The molecule has 2 heteroatoms. The second-order valence-corrected chi connectivity index (χ2v) is 3.16. The molecule has 82 valence electrons. The zero-order chi connectivity index (χ0) is 10.5. The lowest BCUT2D eigenvalue weighted by Crippen LogP contribution is -2.27. The first-order valence-electron chi connectivity index (χ1n) is 5.59. The molecule has 0 aromatic heterocycles. The van der Waals surface area contributed by atoms with Crippen LogP contribution in [0.5, 0.6) is 0 Å². The molecular weight excluding hydrogens is 162 g/mol. The molecule has 0 bridgehead atoms. The fourth-order valence-corrected chi connectivity index (χ4v) is 0.886. The first kappa shape index (κ1) is 15.4. The highest BCUT2D eigenvalue weighted by Crippen LogP contribution is 1.88. The van der Waals surface area contributed by atoms with Crippen LogP contribution in [0.3, 0.4) is 0 Å². The Bertz CT molecular complexity index is 68.5. The predicted molar refractivity (Wildman–Crippen MR) is 60.1 cm³/mol. The summed E-state index contributed by atoms with van der Waals surface area (Å²) in [5.74, 6) is 0. The van der Waals surface area contributed by atoms with Gasteiger partial charge in [-0.1, -0.05) is 40.5 Å². The maximum absolute atomic E-state index is 8.55. The highest BCUT2D eigenvalue weighted by Gasteiger charge is 1.96. The molecule has 0 radical (unpaired) electrons. The van der Waals surface area contributed by atoms with Crippen LogP contribution in [0.1, 0.15) is 47.0 Å². The van der Waals surface area contributed by atoms with Gasteiger partial charge in [0, 0.05) is 6.54 Å². The molecule has 0 atom stereocenters. The number of aliphatic hydroxyl groups is 1. The normalized spacial score (nSPS) is 9.69. The van der Waals surface area contributed by atoms with Crippen LogP contribution in [0.2, 0.25) is 0 Å². The quantitative estimate of drug-likeness (QED) is 0.694. The van der Waals surface area contributed by atoms with Crippen LogP contribution in [-0.2, 0) is 0 Å². The average molecular weight is 189 g/mol. The van der Waals surface area contributed by atoms with Gasteiger partial charge in [0.15, 0.2) is 0 Å². The van der Waals surface area contributed by atoms with Crippen LogP contribution in [0.4, 0.5) is 0 Å². The first-order valence-corrected chi connectivity index (χ1v) is 5.59. The van der Waals surface area contributed by atoms with Crippen molar-refractivity contribution in [1.82, 2.24) is 4.90 Å². The Hall–Kier alpha value is -0.0800. The Morgan fingerprint density at radius 3 is 1.62 bits per heavy atom. The molecule has 0 saturated heterocycles. The highest BCUT2D eigenvalue weighted by atomic mass is 16.3. The number of likely N-dealkylation sites (N-methyl/N-ethyl adjacent to an activating group) is 1. The summed E-state index contributed by atoms with van der Waals surface area (Å²) >= 11 is 0. The summed E-state index contributed by atoms with van der Waals surface area (Å²) < 4.78 is 0. The average Bonchev–Trinajstić information content (AvgIpc) is 2.18. The molecule has 0 spiro atoms. The third kappa shape index (κ3) is 14.7. The van der Waals surface area contributed by atoms with Gasteiger partial charge < -0.3 is 10.0 Å². The van der Waals surface area contributed by atoms with Crippen LogP contribution >= 0.6 is 0 Å². The molecule has 2 nitrogen and oxygen atoms in total. The molecule has 0 rings (SSSR count). The minimum absolute atomic E-state index is 0.286. The van der Waals surface area contributed by atoms with Gasteiger partial charge in [0.25, 0.3) is 0 Å². The van der Waals surface area contributed by atoms with Crippen molar-refractivity contribution < 1.29 is 5.11 Å². The van der Waals surface area contributed by atoms with Crippen molar-refractivity contribution in [1.29, 1.82) is 0 Å². The Morgan fingerprint density at radius 2 is 1.38 bits per heavy atom. The Balaban J connectivity index is 0. The van der Waals surface area contributed by atoms with E-state index in [4.69, 9.17) is 5.11 Å². The number of hydrogen-bond acceptors (Lipinski definition) is 2. The molecule has 13 heavy (non-hydrogen) atoms. The van der Waals surface area contributed by atoms with Crippen molar-refractivity contribution in [3.05, 3.63) is 0 Å². The molecule has 1 N–H and O–H groups in total. The molecule has 0 aliphatic heterocycles. The fourth-order valence-electron chi connectivity index (χ4n) is 0.886. The van der Waals surface area contributed by atoms with Gasteiger partial charge in [0.2, 0.25) is 0 Å². The van der Waals surface area contributed by atoms with Crippen molar-refractivity contribution in [3.8, 4) is 0 Å². The zero-order valence-electron chi connectivity index (χ0n) is 9.84. The molecule has 0 aromatic rings. The van der Waals surface area contributed by atoms with Crippen LogP contribution < -0.4 is 0 Å². The minimum Gasteiger partial charge on any atom is -0.395 e. The van der Waals surface area contributed by atoms with Gasteiger partial charge in [-0.2, -0.15) is 0 Å². The van der Waals surface area contributed by atoms with E-state index in [2.05, 4.69) is 32.6 Å². The molecule has 0 aliphatic rings. The number of rotatable bonds is 6. The topological polar surface area (TPSA) is 23.5 Å². The maximum Gasteiger partial charge on any atom is 0.0558 e. The molecule has 0 unspecified atom stereocenters. The SMILES string of the molecule is CCCC.CCCN(CC)CCO. The summed E-state index contributed by atoms with van der Waals surface area (Å²) in [5.41, 5.74) is 0. The Morgan fingerprint density at radius 1 is 0.846 bits per heavy atom. The van der Waals surface area contributed by atoms with Crippen LogP contribution in [0, 0.1) is 0 Å². The highest BCUT2D eigenvalue weighted by molar-refractivity contribution is 4.51. The fraction of sp³-hybridized carbons (Fsp3) is 1.00. The molecule has 0 aromatic carbocycles. The van der Waals surface area contributed by atoms with Crippen molar-refractivity contribution >= 4 is 0 Å². The minimum atomic E-state index is 0.286. The van der Waals surface area contributed by atoms with Gasteiger partial charge in [-0.3, -0.25) is 0 Å². The number of nitrogens with zero attached hydrogens (tertiary/aromatic N) is 1. The van der Waals surface area contributed by atoms with Crippen LogP contribution in [0.25, 0.3) is 0 Å². The van der Waals surface area contributed by atoms with E-state index < -0.39 is 0 Å². The second-order valence-electron chi connectivity index (χ2n) is 3.16. The van der Waals surface area contributed by atoms with E-state index in [1.807, 2.05) is 0 Å². The van der Waals surface area contributed by atoms with Crippen LogP contribution in [-0.4, -0.2) is 36.2 Å². The predicted octanol–water partition coefficient (Wildman–Crippen LogP) is 2.52. The molecule has 0 heterocycles. The Labute approximate surface area is 83.9 Å². The standard InChI is InChI=1S/C7H17NO.C4H10/c1-3-5-8(4-2)6-7-9;1-3-4-2/h9H,3-7H2,1-2H3;3-4H2,1-2H3. The lowest BCUT2D eigenvalue weighted by atomic mass is 10.4. The van der Waals surface area contributed by atoms with E-state index in [1.165, 1.54) is 19.3 Å². The first-order chi connectivity index (χ1) is 6.26. The van der Waals surface area contributed by atoms with E-state index in [1.54, 1.807) is 0 Å². The molecule has 0 aliphatic carbocycles. The van der Waals surface area contributed by atoms with Crippen LogP contribution in [0.15, 0.2) is 0 Å². The summed E-state index contributed by atoms with van der Waals surface area (Å²) in [6.07, 6.45) is 3.81. The lowest BCUT2D eigenvalue weighted by Gasteiger charge is -2.17. The number of hydrogen-bond donors (Lipinski definition) is 1. The van der Waals surface area contributed by atoms with E-state index >= 15 is 0 Å².